The Kier molecular flexibility index (Phi) is 9.58. The first-order valence-electron chi connectivity index (χ1n) is 16.6. The number of methoxy groups -OCH3 is 1. The highest BCUT2D eigenvalue weighted by molar-refractivity contribution is 6.99. The van der Waals surface area contributed by atoms with Crippen LogP contribution in [0.25, 0.3) is 11.0 Å². The van der Waals surface area contributed by atoms with Gasteiger partial charge in [0, 0.05) is 38.9 Å². The minimum atomic E-state index is -2.96. The number of carbonyl (C=O) groups excluding carboxylic acids is 1. The second-order valence-corrected chi connectivity index (χ2v) is 18.3. The normalized spacial score (nSPS) is 19.8. The zero-order valence-electron chi connectivity index (χ0n) is 28.3. The largest absolute Gasteiger partial charge is 0.403 e. The van der Waals surface area contributed by atoms with Crippen molar-refractivity contribution < 1.29 is 27.6 Å². The highest BCUT2D eigenvalue weighted by atomic mass is 28.4. The average molecular weight is 660 g/mol. The second-order valence-electron chi connectivity index (χ2n) is 13.9. The Morgan fingerprint density at radius 1 is 0.979 bits per heavy atom. The van der Waals surface area contributed by atoms with Crippen LogP contribution in [0.3, 0.4) is 0 Å². The fourth-order valence-corrected chi connectivity index (χ4v) is 12.0. The summed E-state index contributed by atoms with van der Waals surface area (Å²) in [7, 11) is -1.27. The summed E-state index contributed by atoms with van der Waals surface area (Å²) in [5.74, 6) is -0.799. The number of halogens is 1. The summed E-state index contributed by atoms with van der Waals surface area (Å²) in [5.41, 5.74) is 1.17. The smallest absolute Gasteiger partial charge is 0.276 e. The molecule has 1 aromatic heterocycles. The third kappa shape index (κ3) is 6.36. The van der Waals surface area contributed by atoms with Crippen molar-refractivity contribution in [2.24, 2.45) is 0 Å². The molecule has 0 saturated carbocycles. The molecule has 6 rings (SSSR count). The van der Waals surface area contributed by atoms with Crippen LogP contribution in [0.1, 0.15) is 63.5 Å². The number of benzene rings is 3. The van der Waals surface area contributed by atoms with Crippen molar-refractivity contribution in [1.82, 2.24) is 10.1 Å². The Morgan fingerprint density at radius 3 is 2.09 bits per heavy atom. The van der Waals surface area contributed by atoms with E-state index in [1.807, 2.05) is 61.2 Å². The minimum absolute atomic E-state index is 0.0175. The summed E-state index contributed by atoms with van der Waals surface area (Å²) < 4.78 is 41.3. The monoisotopic (exact) mass is 659 g/mol. The lowest BCUT2D eigenvalue weighted by molar-refractivity contribution is -0.00549. The molecule has 2 fully saturated rings. The third-order valence-corrected chi connectivity index (χ3v) is 14.6. The van der Waals surface area contributed by atoms with Crippen LogP contribution in [0.5, 0.6) is 0 Å². The number of likely N-dealkylation sites (tertiary alicyclic amines) is 1. The summed E-state index contributed by atoms with van der Waals surface area (Å²) in [5, 5.41) is 6.52. The van der Waals surface area contributed by atoms with E-state index in [0.717, 1.165) is 23.2 Å². The average Bonchev–Trinajstić information content (AvgIpc) is 3.49. The summed E-state index contributed by atoms with van der Waals surface area (Å²) >= 11 is 0. The lowest BCUT2D eigenvalue weighted by Gasteiger charge is -2.43. The molecule has 0 aliphatic carbocycles. The lowest BCUT2D eigenvalue weighted by Crippen LogP contribution is -2.66. The van der Waals surface area contributed by atoms with E-state index in [4.69, 9.17) is 18.4 Å². The molecule has 2 saturated heterocycles. The summed E-state index contributed by atoms with van der Waals surface area (Å²) in [6.45, 7) is 12.9. The van der Waals surface area contributed by atoms with Crippen molar-refractivity contribution in [3.63, 3.8) is 0 Å². The van der Waals surface area contributed by atoms with E-state index in [1.54, 1.807) is 12.0 Å². The van der Waals surface area contributed by atoms with Gasteiger partial charge in [-0.15, -0.1) is 0 Å². The molecule has 8 nitrogen and oxygen atoms in total. The first-order valence-corrected chi connectivity index (χ1v) is 18.5. The molecule has 0 bridgehead atoms. The molecule has 4 aromatic rings. The van der Waals surface area contributed by atoms with Crippen LogP contribution in [0.15, 0.2) is 71.3 Å². The van der Waals surface area contributed by atoms with Crippen molar-refractivity contribution in [3.8, 4) is 0 Å². The van der Waals surface area contributed by atoms with Gasteiger partial charge in [0.2, 0.25) is 5.58 Å². The number of anilines is 1. The van der Waals surface area contributed by atoms with Gasteiger partial charge < -0.3 is 28.2 Å². The first-order chi connectivity index (χ1) is 22.5. The summed E-state index contributed by atoms with van der Waals surface area (Å²) in [6.07, 6.45) is 1.40. The highest BCUT2D eigenvalue weighted by Crippen LogP contribution is 2.40. The van der Waals surface area contributed by atoms with Gasteiger partial charge in [-0.25, -0.2) is 4.39 Å². The predicted octanol–water partition coefficient (Wildman–Crippen LogP) is 5.91. The Hall–Kier alpha value is -3.57. The van der Waals surface area contributed by atoms with E-state index < -0.39 is 14.1 Å². The predicted molar refractivity (Wildman–Crippen MR) is 185 cm³/mol. The third-order valence-electron chi connectivity index (χ3n) is 9.62. The molecule has 10 heteroatoms. The van der Waals surface area contributed by atoms with Gasteiger partial charge in [-0.05, 0) is 48.2 Å². The lowest BCUT2D eigenvalue weighted by atomic mass is 10.0. The van der Waals surface area contributed by atoms with E-state index in [2.05, 4.69) is 50.2 Å². The molecule has 2 aliphatic rings. The molecule has 1 amide bonds. The van der Waals surface area contributed by atoms with Crippen molar-refractivity contribution in [2.45, 2.75) is 77.4 Å². The van der Waals surface area contributed by atoms with E-state index in [1.165, 1.54) is 0 Å². The number of aromatic nitrogens is 1. The highest BCUT2D eigenvalue weighted by Gasteiger charge is 2.50. The van der Waals surface area contributed by atoms with Gasteiger partial charge in [0.25, 0.3) is 14.2 Å². The minimum Gasteiger partial charge on any atom is -0.403 e. The van der Waals surface area contributed by atoms with E-state index in [-0.39, 0.29) is 47.1 Å². The van der Waals surface area contributed by atoms with Gasteiger partial charge in [-0.3, -0.25) is 4.79 Å². The standard InChI is InChI=1S/C37H46FN3O5Si/c1-25-22-41(23-26(2)45-25)34-27(21-31-33(39-46-35(31)32(34)38)36(42)40-19-17-28(43-6)18-20-40)24-44-47(37(3,4)5,29-13-9-7-10-14-29)30-15-11-8-12-16-30/h7-16,21,25-26,28H,17-20,22-24H2,1-6H3/t25-,26+. The molecule has 2 atom stereocenters. The Labute approximate surface area is 277 Å². The molecule has 3 aromatic carbocycles. The Morgan fingerprint density at radius 2 is 1.55 bits per heavy atom. The maximum Gasteiger partial charge on any atom is 0.276 e. The molecule has 250 valence electrons. The van der Waals surface area contributed by atoms with Gasteiger partial charge in [0.05, 0.1) is 36.0 Å². The van der Waals surface area contributed by atoms with Crippen molar-refractivity contribution in [3.05, 3.63) is 83.8 Å². The number of nitrogens with zero attached hydrogens (tertiary/aromatic N) is 3. The zero-order valence-corrected chi connectivity index (χ0v) is 29.3. The van der Waals surface area contributed by atoms with E-state index in [0.29, 0.717) is 42.8 Å². The van der Waals surface area contributed by atoms with Crippen LogP contribution in [0.2, 0.25) is 5.04 Å². The van der Waals surface area contributed by atoms with Crippen molar-refractivity contribution >= 4 is 41.3 Å². The van der Waals surface area contributed by atoms with Crippen molar-refractivity contribution in [2.75, 3.05) is 38.2 Å². The number of carbonyl (C=O) groups is 1. The number of fused-ring (bicyclic) bond motifs is 1. The van der Waals surface area contributed by atoms with Crippen molar-refractivity contribution in [1.29, 1.82) is 0 Å². The second kappa shape index (κ2) is 13.5. The van der Waals surface area contributed by atoms with Gasteiger partial charge in [0.15, 0.2) is 11.5 Å². The maximum atomic E-state index is 16.9. The fourth-order valence-electron chi connectivity index (χ4n) is 7.44. The summed E-state index contributed by atoms with van der Waals surface area (Å²) in [4.78, 5) is 17.5. The molecular weight excluding hydrogens is 614 g/mol. The first kappa shape index (κ1) is 33.3. The summed E-state index contributed by atoms with van der Waals surface area (Å²) in [6, 6.07) is 22.7. The molecule has 0 radical (unpaired) electrons. The van der Waals surface area contributed by atoms with Crippen LogP contribution < -0.4 is 15.3 Å². The van der Waals surface area contributed by atoms with Gasteiger partial charge >= 0.3 is 0 Å². The van der Waals surface area contributed by atoms with Gasteiger partial charge in [-0.1, -0.05) is 86.6 Å². The molecule has 0 unspecified atom stereocenters. The van der Waals surface area contributed by atoms with Gasteiger partial charge in [0.1, 0.15) is 0 Å². The number of morpholine rings is 1. The Balaban J connectivity index is 1.47. The van der Waals surface area contributed by atoms with Gasteiger partial charge in [-0.2, -0.15) is 0 Å². The SMILES string of the molecule is COC1CCN(C(=O)c2noc3c(F)c(N4C[C@@H](C)O[C@@H](C)C4)c(CO[Si](c4ccccc4)(c4ccccc4)C(C)(C)C)cc23)CC1. The number of amides is 1. The van der Waals surface area contributed by atoms with E-state index in [9.17, 15) is 4.79 Å². The Bertz CT molecular complexity index is 1640. The molecule has 3 heterocycles. The molecule has 47 heavy (non-hydrogen) atoms. The molecule has 2 aliphatic heterocycles. The zero-order chi connectivity index (χ0) is 33.3. The number of piperidine rings is 1. The van der Waals surface area contributed by atoms with Crippen LogP contribution in [0, 0.1) is 5.82 Å². The quantitative estimate of drug-likeness (QED) is 0.218. The van der Waals surface area contributed by atoms with Crippen LogP contribution in [-0.2, 0) is 20.5 Å². The maximum absolute atomic E-state index is 16.9. The van der Waals surface area contributed by atoms with Crippen LogP contribution in [-0.4, -0.2) is 75.9 Å². The molecule has 0 spiro atoms. The fraction of sp³-hybridized carbons (Fsp3) is 0.459. The molecular formula is C37H46FN3O5Si. The van der Waals surface area contributed by atoms with Crippen LogP contribution in [0.4, 0.5) is 10.1 Å². The van der Waals surface area contributed by atoms with Crippen LogP contribution >= 0.6 is 0 Å². The number of hydrogen-bond acceptors (Lipinski definition) is 7. The number of rotatable bonds is 8. The molecule has 0 N–H and O–H groups in total. The topological polar surface area (TPSA) is 77.3 Å². The number of hydrogen-bond donors (Lipinski definition) is 0. The van der Waals surface area contributed by atoms with E-state index >= 15 is 4.39 Å². The number of ether oxygens (including phenoxy) is 2.